The molecule has 0 atom stereocenters. The van der Waals surface area contributed by atoms with Gasteiger partial charge in [-0.05, 0) is 57.4 Å². The van der Waals surface area contributed by atoms with Gasteiger partial charge in [0.25, 0.3) is 0 Å². The number of anilines is 1. The molecule has 0 aliphatic rings. The summed E-state index contributed by atoms with van der Waals surface area (Å²) in [7, 11) is -3.18. The van der Waals surface area contributed by atoms with Crippen molar-refractivity contribution >= 4 is 42.8 Å². The Labute approximate surface area is 147 Å². The van der Waals surface area contributed by atoms with Crippen molar-refractivity contribution in [1.29, 1.82) is 0 Å². The molecule has 0 bridgehead atoms. The molecule has 0 radical (unpaired) electrons. The normalized spacial score (nSPS) is 11.6. The summed E-state index contributed by atoms with van der Waals surface area (Å²) in [6, 6.07) is 16.7. The highest BCUT2D eigenvalue weighted by Gasteiger charge is 2.13. The molecular weight excluding hydrogens is 394 g/mol. The maximum absolute atomic E-state index is 11.6. The smallest absolute Gasteiger partial charge is 0.175 e. The Morgan fingerprint density at radius 2 is 1.52 bits per heavy atom. The van der Waals surface area contributed by atoms with Gasteiger partial charge < -0.3 is 5.73 Å². The molecule has 0 unspecified atom stereocenters. The Hall–Kier alpha value is -1.63. The molecule has 0 fully saturated rings. The van der Waals surface area contributed by atoms with E-state index in [4.69, 9.17) is 5.73 Å². The van der Waals surface area contributed by atoms with Gasteiger partial charge in [0.05, 0.1) is 8.68 Å². The molecule has 2 aromatic carbocycles. The maximum Gasteiger partial charge on any atom is 0.175 e. The van der Waals surface area contributed by atoms with Crippen molar-refractivity contribution in [3.8, 4) is 21.6 Å². The van der Waals surface area contributed by atoms with E-state index in [2.05, 4.69) is 15.9 Å². The molecule has 3 nitrogen and oxygen atoms in total. The Morgan fingerprint density at radius 3 is 2.09 bits per heavy atom. The summed E-state index contributed by atoms with van der Waals surface area (Å²) < 4.78 is 24.2. The van der Waals surface area contributed by atoms with E-state index in [1.165, 1.54) is 6.26 Å². The zero-order valence-electron chi connectivity index (χ0n) is 12.3. The lowest BCUT2D eigenvalue weighted by Gasteiger charge is -2.06. The number of benzene rings is 2. The fraction of sp³-hybridized carbons (Fsp3) is 0.0588. The third-order valence-electron chi connectivity index (χ3n) is 3.47. The van der Waals surface area contributed by atoms with Crippen LogP contribution in [-0.4, -0.2) is 14.7 Å². The number of hydrogen-bond donors (Lipinski definition) is 1. The largest absolute Gasteiger partial charge is 0.399 e. The van der Waals surface area contributed by atoms with Crippen molar-refractivity contribution in [2.24, 2.45) is 0 Å². The highest BCUT2D eigenvalue weighted by Crippen LogP contribution is 2.41. The van der Waals surface area contributed by atoms with Gasteiger partial charge in [-0.15, -0.1) is 11.3 Å². The van der Waals surface area contributed by atoms with Gasteiger partial charge in [0.1, 0.15) is 0 Å². The maximum atomic E-state index is 11.6. The number of hydrogen-bond acceptors (Lipinski definition) is 4. The van der Waals surface area contributed by atoms with E-state index in [1.54, 1.807) is 23.5 Å². The average molecular weight is 408 g/mol. The van der Waals surface area contributed by atoms with Crippen LogP contribution in [0.5, 0.6) is 0 Å². The summed E-state index contributed by atoms with van der Waals surface area (Å²) in [6.07, 6.45) is 1.21. The van der Waals surface area contributed by atoms with E-state index in [0.717, 1.165) is 31.0 Å². The number of thiophene rings is 1. The number of sulfone groups is 1. The Bertz CT molecular complexity index is 943. The van der Waals surface area contributed by atoms with Crippen molar-refractivity contribution in [2.75, 3.05) is 12.0 Å². The van der Waals surface area contributed by atoms with E-state index >= 15 is 0 Å². The lowest BCUT2D eigenvalue weighted by Crippen LogP contribution is -1.96. The zero-order valence-corrected chi connectivity index (χ0v) is 15.5. The Morgan fingerprint density at radius 1 is 0.957 bits per heavy atom. The molecule has 118 valence electrons. The lowest BCUT2D eigenvalue weighted by molar-refractivity contribution is 0.602. The van der Waals surface area contributed by atoms with Crippen molar-refractivity contribution in [1.82, 2.24) is 0 Å². The van der Waals surface area contributed by atoms with Gasteiger partial charge in [-0.2, -0.15) is 0 Å². The molecule has 1 aromatic heterocycles. The van der Waals surface area contributed by atoms with Crippen LogP contribution in [-0.2, 0) is 9.84 Å². The second kappa shape index (κ2) is 6.11. The first kappa shape index (κ1) is 16.2. The van der Waals surface area contributed by atoms with Crippen molar-refractivity contribution in [2.45, 2.75) is 4.90 Å². The summed E-state index contributed by atoms with van der Waals surface area (Å²) in [5.41, 5.74) is 9.60. The second-order valence-corrected chi connectivity index (χ2v) is 9.66. The van der Waals surface area contributed by atoms with E-state index in [0.29, 0.717) is 4.90 Å². The quantitative estimate of drug-likeness (QED) is 0.632. The minimum absolute atomic E-state index is 0.324. The fourth-order valence-corrected chi connectivity index (χ4v) is 4.56. The third-order valence-corrected chi connectivity index (χ3v) is 6.28. The van der Waals surface area contributed by atoms with Gasteiger partial charge in [-0.1, -0.05) is 24.3 Å². The molecule has 0 amide bonds. The molecule has 6 heteroatoms. The predicted molar refractivity (Wildman–Crippen MR) is 100 cm³/mol. The first-order valence-electron chi connectivity index (χ1n) is 6.80. The summed E-state index contributed by atoms with van der Waals surface area (Å²) in [4.78, 5) is 1.44. The van der Waals surface area contributed by atoms with E-state index < -0.39 is 9.84 Å². The van der Waals surface area contributed by atoms with Crippen LogP contribution in [0.25, 0.3) is 21.6 Å². The molecule has 0 saturated heterocycles. The number of nitrogens with two attached hydrogens (primary N) is 1. The van der Waals surface area contributed by atoms with Gasteiger partial charge >= 0.3 is 0 Å². The fourth-order valence-electron chi connectivity index (χ4n) is 2.31. The first-order valence-corrected chi connectivity index (χ1v) is 10.3. The summed E-state index contributed by atoms with van der Waals surface area (Å²) in [5, 5.41) is 0. The first-order chi connectivity index (χ1) is 10.8. The van der Waals surface area contributed by atoms with Gasteiger partial charge in [-0.3, -0.25) is 0 Å². The molecule has 0 aliphatic carbocycles. The number of nitrogen functional groups attached to an aromatic ring is 1. The van der Waals surface area contributed by atoms with E-state index in [-0.39, 0.29) is 0 Å². The SMILES string of the molecule is CS(=O)(=O)c1ccc(-c2cc(Br)sc2-c2ccc(N)cc2)cc1. The van der Waals surface area contributed by atoms with E-state index in [1.807, 2.05) is 42.5 Å². The zero-order chi connectivity index (χ0) is 16.6. The topological polar surface area (TPSA) is 60.2 Å². The van der Waals surface area contributed by atoms with Gasteiger partial charge in [0, 0.05) is 22.4 Å². The van der Waals surface area contributed by atoms with Gasteiger partial charge in [0.2, 0.25) is 0 Å². The molecule has 3 aromatic rings. The molecule has 3 rings (SSSR count). The van der Waals surface area contributed by atoms with Crippen molar-refractivity contribution < 1.29 is 8.42 Å². The predicted octanol–water partition coefficient (Wildman–Crippen LogP) is 4.83. The lowest BCUT2D eigenvalue weighted by atomic mass is 10.0. The minimum Gasteiger partial charge on any atom is -0.399 e. The molecule has 23 heavy (non-hydrogen) atoms. The van der Waals surface area contributed by atoms with Crippen LogP contribution in [0, 0.1) is 0 Å². The third kappa shape index (κ3) is 3.49. The van der Waals surface area contributed by atoms with Crippen molar-refractivity contribution in [3.63, 3.8) is 0 Å². The van der Waals surface area contributed by atoms with E-state index in [9.17, 15) is 8.42 Å². The standard InChI is InChI=1S/C17H14BrNO2S2/c1-23(20,21)14-8-4-11(5-9-14)15-10-16(18)22-17(15)12-2-6-13(19)7-3-12/h2-10H,19H2,1H3. The van der Waals surface area contributed by atoms with Crippen LogP contribution in [0.3, 0.4) is 0 Å². The van der Waals surface area contributed by atoms with Gasteiger partial charge in [-0.25, -0.2) is 8.42 Å². The van der Waals surface area contributed by atoms with Crippen LogP contribution >= 0.6 is 27.3 Å². The Balaban J connectivity index is 2.09. The van der Waals surface area contributed by atoms with Crippen molar-refractivity contribution in [3.05, 3.63) is 58.4 Å². The Kier molecular flexibility index (Phi) is 4.31. The summed E-state index contributed by atoms with van der Waals surface area (Å²) in [5.74, 6) is 0. The summed E-state index contributed by atoms with van der Waals surface area (Å²) in [6.45, 7) is 0. The van der Waals surface area contributed by atoms with Crippen LogP contribution in [0.4, 0.5) is 5.69 Å². The summed E-state index contributed by atoms with van der Waals surface area (Å²) >= 11 is 5.17. The number of rotatable bonds is 3. The van der Waals surface area contributed by atoms with Crippen LogP contribution < -0.4 is 5.73 Å². The van der Waals surface area contributed by atoms with Crippen LogP contribution in [0.2, 0.25) is 0 Å². The molecule has 0 spiro atoms. The highest BCUT2D eigenvalue weighted by atomic mass is 79.9. The average Bonchev–Trinajstić information content (AvgIpc) is 2.89. The molecule has 0 aliphatic heterocycles. The minimum atomic E-state index is -3.18. The molecular formula is C17H14BrNO2S2. The molecule has 1 heterocycles. The molecule has 0 saturated carbocycles. The molecule has 2 N–H and O–H groups in total. The van der Waals surface area contributed by atoms with Crippen LogP contribution in [0.15, 0.2) is 63.3 Å². The van der Waals surface area contributed by atoms with Gasteiger partial charge in [0.15, 0.2) is 9.84 Å². The highest BCUT2D eigenvalue weighted by molar-refractivity contribution is 9.11. The number of halogens is 1. The van der Waals surface area contributed by atoms with Crippen LogP contribution in [0.1, 0.15) is 0 Å². The second-order valence-electron chi connectivity index (χ2n) is 5.21. The monoisotopic (exact) mass is 407 g/mol.